The molecule has 1 unspecified atom stereocenters. The predicted molar refractivity (Wildman–Crippen MR) is 85.3 cm³/mol. The highest BCUT2D eigenvalue weighted by atomic mass is 35.5. The average molecular weight is 369 g/mol. The van der Waals surface area contributed by atoms with Gasteiger partial charge in [0.25, 0.3) is 0 Å². The van der Waals surface area contributed by atoms with Crippen molar-refractivity contribution in [3.63, 3.8) is 0 Å². The number of anilines is 1. The minimum Gasteiger partial charge on any atom is -0.406 e. The van der Waals surface area contributed by atoms with E-state index >= 15 is 0 Å². The van der Waals surface area contributed by atoms with Crippen LogP contribution in [-0.2, 0) is 9.53 Å². The molecule has 1 fully saturated rings. The quantitative estimate of drug-likeness (QED) is 0.887. The Morgan fingerprint density at radius 2 is 2.00 bits per heavy atom. The van der Waals surface area contributed by atoms with Crippen LogP contribution in [0.3, 0.4) is 0 Å². The molecule has 1 aromatic carbocycles. The van der Waals surface area contributed by atoms with Crippen molar-refractivity contribution in [1.82, 2.24) is 0 Å². The Hall–Kier alpha value is -1.51. The molecule has 24 heavy (non-hydrogen) atoms. The molecule has 1 atom stereocenters. The van der Waals surface area contributed by atoms with Gasteiger partial charge in [-0.05, 0) is 30.9 Å². The Morgan fingerprint density at radius 1 is 1.38 bits per heavy atom. The van der Waals surface area contributed by atoms with Gasteiger partial charge in [-0.2, -0.15) is 0 Å². The standard InChI is InChI=1S/C15H19F3N2O3.ClH/c1-20(14(21)13(19)10-5-7-22-8-6-10)11-3-2-4-12(9-11)23-15(16,17)18;/h2-4,9-10,13H,5-8,19H2,1H3;1H. The lowest BCUT2D eigenvalue weighted by Gasteiger charge is -2.30. The molecule has 5 nitrogen and oxygen atoms in total. The number of amides is 1. The Bertz CT molecular complexity index is 551. The van der Waals surface area contributed by atoms with E-state index in [1.54, 1.807) is 0 Å². The molecule has 0 saturated carbocycles. The monoisotopic (exact) mass is 368 g/mol. The summed E-state index contributed by atoms with van der Waals surface area (Å²) < 4.78 is 45.9. The van der Waals surface area contributed by atoms with Crippen LogP contribution in [0.4, 0.5) is 18.9 Å². The molecule has 1 amide bonds. The summed E-state index contributed by atoms with van der Waals surface area (Å²) in [5.74, 6) is -0.719. The molecule has 0 aromatic heterocycles. The number of carbonyl (C=O) groups is 1. The van der Waals surface area contributed by atoms with Gasteiger partial charge in [0.2, 0.25) is 5.91 Å². The van der Waals surface area contributed by atoms with Crippen LogP contribution in [0.1, 0.15) is 12.8 Å². The Morgan fingerprint density at radius 3 is 2.58 bits per heavy atom. The topological polar surface area (TPSA) is 64.8 Å². The molecule has 1 heterocycles. The third kappa shape index (κ3) is 5.54. The summed E-state index contributed by atoms with van der Waals surface area (Å²) in [7, 11) is 1.48. The van der Waals surface area contributed by atoms with Gasteiger partial charge in [-0.3, -0.25) is 4.79 Å². The van der Waals surface area contributed by atoms with Gasteiger partial charge in [0.15, 0.2) is 0 Å². The normalized spacial score (nSPS) is 16.9. The zero-order valence-corrected chi connectivity index (χ0v) is 13.9. The van der Waals surface area contributed by atoms with Crippen LogP contribution in [0.5, 0.6) is 5.75 Å². The Balaban J connectivity index is 0.00000288. The fraction of sp³-hybridized carbons (Fsp3) is 0.533. The van der Waals surface area contributed by atoms with Gasteiger partial charge in [0.05, 0.1) is 6.04 Å². The van der Waals surface area contributed by atoms with E-state index in [1.165, 1.54) is 30.1 Å². The number of ether oxygens (including phenoxy) is 2. The van der Waals surface area contributed by atoms with E-state index in [2.05, 4.69) is 4.74 Å². The molecule has 2 rings (SSSR count). The summed E-state index contributed by atoms with van der Waals surface area (Å²) in [6.45, 7) is 1.12. The first-order chi connectivity index (χ1) is 10.8. The van der Waals surface area contributed by atoms with Gasteiger partial charge in [0.1, 0.15) is 5.75 Å². The maximum absolute atomic E-state index is 12.4. The Labute approximate surface area is 144 Å². The van der Waals surface area contributed by atoms with Crippen molar-refractivity contribution in [2.24, 2.45) is 11.7 Å². The zero-order valence-electron chi connectivity index (χ0n) is 13.1. The van der Waals surface area contributed by atoms with Crippen LogP contribution >= 0.6 is 12.4 Å². The summed E-state index contributed by atoms with van der Waals surface area (Å²) in [5, 5.41) is 0. The lowest BCUT2D eigenvalue weighted by Crippen LogP contribution is -2.47. The minimum absolute atomic E-state index is 0. The number of nitrogens with zero attached hydrogens (tertiary/aromatic N) is 1. The molecule has 0 bridgehead atoms. The summed E-state index contributed by atoms with van der Waals surface area (Å²) in [6.07, 6.45) is -3.39. The molecular formula is C15H20ClF3N2O3. The van der Waals surface area contributed by atoms with Crippen molar-refractivity contribution in [3.8, 4) is 5.75 Å². The second-order valence-corrected chi connectivity index (χ2v) is 5.42. The number of alkyl halides is 3. The molecule has 1 aliphatic rings. The molecule has 1 aliphatic heterocycles. The first kappa shape index (κ1) is 20.5. The van der Waals surface area contributed by atoms with E-state index in [-0.39, 0.29) is 30.0 Å². The van der Waals surface area contributed by atoms with Crippen LogP contribution in [0.15, 0.2) is 24.3 Å². The average Bonchev–Trinajstić information content (AvgIpc) is 2.52. The van der Waals surface area contributed by atoms with Crippen LogP contribution in [0.2, 0.25) is 0 Å². The number of hydrogen-bond donors (Lipinski definition) is 1. The number of carbonyl (C=O) groups excluding carboxylic acids is 1. The van der Waals surface area contributed by atoms with E-state index in [1.807, 2.05) is 0 Å². The number of halogens is 4. The predicted octanol–water partition coefficient (Wildman–Crippen LogP) is 2.72. The van der Waals surface area contributed by atoms with Crippen LogP contribution in [-0.4, -0.2) is 38.6 Å². The molecule has 0 aliphatic carbocycles. The molecule has 2 N–H and O–H groups in total. The largest absolute Gasteiger partial charge is 0.573 e. The van der Waals surface area contributed by atoms with Crippen molar-refractivity contribution in [1.29, 1.82) is 0 Å². The number of benzene rings is 1. The van der Waals surface area contributed by atoms with Gasteiger partial charge in [-0.15, -0.1) is 25.6 Å². The summed E-state index contributed by atoms with van der Waals surface area (Å²) in [4.78, 5) is 13.7. The van der Waals surface area contributed by atoms with E-state index in [9.17, 15) is 18.0 Å². The van der Waals surface area contributed by atoms with Crippen molar-refractivity contribution in [3.05, 3.63) is 24.3 Å². The number of rotatable bonds is 4. The molecule has 0 spiro atoms. The first-order valence-corrected chi connectivity index (χ1v) is 7.24. The number of likely N-dealkylation sites (N-methyl/N-ethyl adjacent to an activating group) is 1. The molecule has 1 aromatic rings. The highest BCUT2D eigenvalue weighted by molar-refractivity contribution is 5.96. The third-order valence-corrected chi connectivity index (χ3v) is 3.83. The summed E-state index contributed by atoms with van der Waals surface area (Å²) in [5.41, 5.74) is 6.30. The highest BCUT2D eigenvalue weighted by Gasteiger charge is 2.32. The molecule has 136 valence electrons. The van der Waals surface area contributed by atoms with Crippen LogP contribution in [0.25, 0.3) is 0 Å². The molecule has 1 saturated heterocycles. The highest BCUT2D eigenvalue weighted by Crippen LogP contribution is 2.27. The van der Waals surface area contributed by atoms with E-state index in [4.69, 9.17) is 10.5 Å². The maximum atomic E-state index is 12.4. The number of hydrogen-bond acceptors (Lipinski definition) is 4. The van der Waals surface area contributed by atoms with Crippen molar-refractivity contribution < 1.29 is 27.4 Å². The van der Waals surface area contributed by atoms with Crippen molar-refractivity contribution >= 4 is 24.0 Å². The molecule has 0 radical (unpaired) electrons. The van der Waals surface area contributed by atoms with Gasteiger partial charge in [0, 0.05) is 32.0 Å². The smallest absolute Gasteiger partial charge is 0.406 e. The van der Waals surface area contributed by atoms with E-state index in [0.29, 0.717) is 31.7 Å². The van der Waals surface area contributed by atoms with E-state index in [0.717, 1.165) is 6.07 Å². The molecule has 9 heteroatoms. The Kier molecular flexibility index (Phi) is 7.31. The van der Waals surface area contributed by atoms with Gasteiger partial charge < -0.3 is 20.1 Å². The van der Waals surface area contributed by atoms with Crippen molar-refractivity contribution in [2.45, 2.75) is 25.2 Å². The fourth-order valence-corrected chi connectivity index (χ4v) is 2.52. The summed E-state index contributed by atoms with van der Waals surface area (Å²) >= 11 is 0. The zero-order chi connectivity index (χ0) is 17.0. The minimum atomic E-state index is -4.78. The lowest BCUT2D eigenvalue weighted by atomic mass is 9.91. The number of nitrogens with two attached hydrogens (primary N) is 1. The van der Waals surface area contributed by atoms with Gasteiger partial charge in [-0.1, -0.05) is 6.07 Å². The third-order valence-electron chi connectivity index (χ3n) is 3.83. The SMILES string of the molecule is CN(C(=O)C(N)C1CCOCC1)c1cccc(OC(F)(F)F)c1.Cl. The van der Waals surface area contributed by atoms with Gasteiger partial charge in [-0.25, -0.2) is 0 Å². The van der Waals surface area contributed by atoms with E-state index < -0.39 is 12.4 Å². The maximum Gasteiger partial charge on any atom is 0.573 e. The molecular weight excluding hydrogens is 349 g/mol. The second-order valence-electron chi connectivity index (χ2n) is 5.42. The summed E-state index contributed by atoms with van der Waals surface area (Å²) in [6, 6.07) is 4.53. The second kappa shape index (κ2) is 8.55. The van der Waals surface area contributed by atoms with Gasteiger partial charge >= 0.3 is 6.36 Å². The fourth-order valence-electron chi connectivity index (χ4n) is 2.52. The van der Waals surface area contributed by atoms with Crippen molar-refractivity contribution in [2.75, 3.05) is 25.2 Å². The van der Waals surface area contributed by atoms with Crippen LogP contribution in [0, 0.1) is 5.92 Å². The van der Waals surface area contributed by atoms with Crippen LogP contribution < -0.4 is 15.4 Å². The first-order valence-electron chi connectivity index (χ1n) is 7.24. The lowest BCUT2D eigenvalue weighted by molar-refractivity contribution is -0.274.